The molecule has 0 saturated carbocycles. The molecule has 0 aliphatic carbocycles. The monoisotopic (exact) mass is 297 g/mol. The van der Waals surface area contributed by atoms with Gasteiger partial charge < -0.3 is 20.9 Å². The van der Waals surface area contributed by atoms with E-state index in [-0.39, 0.29) is 13.0 Å². The average molecular weight is 297 g/mol. The quantitative estimate of drug-likeness (QED) is 0.363. The Balaban J connectivity index is 2.21. The molecular formula is C14H23N3O4. The van der Waals surface area contributed by atoms with Crippen LogP contribution in [0.2, 0.25) is 0 Å². The highest BCUT2D eigenvalue weighted by atomic mass is 16.7. The molecule has 0 aromatic heterocycles. The molecule has 7 nitrogen and oxygen atoms in total. The number of rotatable bonds is 6. The smallest absolute Gasteiger partial charge is 0.407 e. The summed E-state index contributed by atoms with van der Waals surface area (Å²) >= 11 is 0. The lowest BCUT2D eigenvalue weighted by Gasteiger charge is -2.20. The Morgan fingerprint density at radius 2 is 2.05 bits per heavy atom. The van der Waals surface area contributed by atoms with E-state index in [1.165, 1.54) is 0 Å². The second-order valence-corrected chi connectivity index (χ2v) is 5.48. The summed E-state index contributed by atoms with van der Waals surface area (Å²) in [4.78, 5) is 16.4. The zero-order valence-corrected chi connectivity index (χ0v) is 12.6. The van der Waals surface area contributed by atoms with E-state index < -0.39 is 18.0 Å². The van der Waals surface area contributed by atoms with Crippen LogP contribution in [0.1, 0.15) is 27.2 Å². The van der Waals surface area contributed by atoms with Crippen LogP contribution in [0.4, 0.5) is 16.2 Å². The first-order valence-corrected chi connectivity index (χ1v) is 6.69. The fourth-order valence-electron chi connectivity index (χ4n) is 1.39. The predicted molar refractivity (Wildman–Crippen MR) is 80.4 cm³/mol. The van der Waals surface area contributed by atoms with Gasteiger partial charge in [0.2, 0.25) is 0 Å². The number of nitrogens with two attached hydrogens (primary N) is 1. The molecule has 0 heterocycles. The van der Waals surface area contributed by atoms with Crippen LogP contribution in [0.3, 0.4) is 0 Å². The maximum Gasteiger partial charge on any atom is 0.407 e. The first-order chi connectivity index (χ1) is 9.78. The lowest BCUT2D eigenvalue weighted by Crippen LogP contribution is -2.34. The number of carbonyl (C=O) groups excluding carboxylic acids is 1. The summed E-state index contributed by atoms with van der Waals surface area (Å²) in [7, 11) is 0. The molecule has 118 valence electrons. The highest BCUT2D eigenvalue weighted by Crippen LogP contribution is 2.16. The first-order valence-electron chi connectivity index (χ1n) is 6.69. The van der Waals surface area contributed by atoms with Crippen LogP contribution in [0, 0.1) is 0 Å². The molecule has 0 aliphatic rings. The molecule has 1 atom stereocenters. The van der Waals surface area contributed by atoms with Crippen molar-refractivity contribution in [2.45, 2.75) is 39.1 Å². The Kier molecular flexibility index (Phi) is 6.26. The highest BCUT2D eigenvalue weighted by molar-refractivity contribution is 5.67. The molecule has 0 fully saturated rings. The minimum absolute atomic E-state index is 0.207. The third-order valence-electron chi connectivity index (χ3n) is 2.33. The van der Waals surface area contributed by atoms with E-state index in [9.17, 15) is 9.90 Å². The van der Waals surface area contributed by atoms with Crippen LogP contribution < -0.4 is 16.5 Å². The van der Waals surface area contributed by atoms with Crippen molar-refractivity contribution in [3.63, 3.8) is 0 Å². The van der Waals surface area contributed by atoms with Crippen LogP contribution in [-0.2, 0) is 9.57 Å². The van der Waals surface area contributed by atoms with Gasteiger partial charge in [-0.15, -0.1) is 0 Å². The van der Waals surface area contributed by atoms with Crippen molar-refractivity contribution in [2.24, 2.45) is 0 Å². The summed E-state index contributed by atoms with van der Waals surface area (Å²) in [6.45, 7) is 5.55. The number of aliphatic hydroxyl groups is 1. The van der Waals surface area contributed by atoms with Gasteiger partial charge in [0, 0.05) is 13.0 Å². The molecule has 7 heteroatoms. The zero-order valence-electron chi connectivity index (χ0n) is 12.6. The number of carbonyl (C=O) groups is 1. The van der Waals surface area contributed by atoms with E-state index >= 15 is 0 Å². The lowest BCUT2D eigenvalue weighted by atomic mass is 10.2. The van der Waals surface area contributed by atoms with Crippen molar-refractivity contribution >= 4 is 17.5 Å². The molecule has 0 spiro atoms. The molecule has 0 saturated heterocycles. The van der Waals surface area contributed by atoms with Gasteiger partial charge in [-0.2, -0.15) is 0 Å². The van der Waals surface area contributed by atoms with Crippen molar-refractivity contribution in [1.82, 2.24) is 5.32 Å². The molecular weight excluding hydrogens is 274 g/mol. The van der Waals surface area contributed by atoms with Crippen LogP contribution in [0.25, 0.3) is 0 Å². The molecule has 21 heavy (non-hydrogen) atoms. The summed E-state index contributed by atoms with van der Waals surface area (Å²) in [5.74, 6) is 0. The number of benzene rings is 1. The number of para-hydroxylation sites is 2. The Morgan fingerprint density at radius 1 is 1.38 bits per heavy atom. The molecule has 0 aliphatic heterocycles. The molecule has 1 unspecified atom stereocenters. The van der Waals surface area contributed by atoms with E-state index in [4.69, 9.17) is 15.3 Å². The Morgan fingerprint density at radius 3 is 2.67 bits per heavy atom. The number of anilines is 2. The van der Waals surface area contributed by atoms with E-state index in [1.807, 2.05) is 0 Å². The van der Waals surface area contributed by atoms with Crippen LogP contribution in [0.5, 0.6) is 0 Å². The van der Waals surface area contributed by atoms with Crippen molar-refractivity contribution in [3.8, 4) is 0 Å². The van der Waals surface area contributed by atoms with Crippen molar-refractivity contribution < 1.29 is 19.5 Å². The van der Waals surface area contributed by atoms with Gasteiger partial charge in [-0.25, -0.2) is 9.63 Å². The summed E-state index contributed by atoms with van der Waals surface area (Å²) in [5.41, 5.74) is 8.80. The number of ether oxygens (including phenoxy) is 1. The van der Waals surface area contributed by atoms with Gasteiger partial charge in [0.05, 0.1) is 11.4 Å². The summed E-state index contributed by atoms with van der Waals surface area (Å²) in [6, 6.07) is 7.02. The number of nitrogen functional groups attached to an aromatic ring is 1. The number of nitrogens with one attached hydrogen (secondary N) is 2. The van der Waals surface area contributed by atoms with Crippen LogP contribution in [-0.4, -0.2) is 29.6 Å². The lowest BCUT2D eigenvalue weighted by molar-refractivity contribution is -0.0781. The molecule has 1 aromatic carbocycles. The molecule has 1 amide bonds. The number of hydrogen-bond acceptors (Lipinski definition) is 6. The number of alkyl carbamates (subject to hydrolysis) is 1. The fraction of sp³-hybridized carbons (Fsp3) is 0.500. The van der Waals surface area contributed by atoms with Crippen molar-refractivity contribution in [3.05, 3.63) is 24.3 Å². The molecule has 0 bridgehead atoms. The van der Waals surface area contributed by atoms with E-state index in [0.717, 1.165) is 0 Å². The van der Waals surface area contributed by atoms with Crippen molar-refractivity contribution in [1.29, 1.82) is 0 Å². The van der Waals surface area contributed by atoms with E-state index in [2.05, 4.69) is 10.8 Å². The number of aliphatic hydroxyl groups excluding tert-OH is 1. The van der Waals surface area contributed by atoms with Crippen LogP contribution >= 0.6 is 0 Å². The minimum atomic E-state index is -1.08. The number of hydrogen-bond donors (Lipinski definition) is 4. The van der Waals surface area contributed by atoms with Crippen LogP contribution in [0.15, 0.2) is 24.3 Å². The Bertz CT molecular complexity index is 460. The zero-order chi connectivity index (χ0) is 15.9. The van der Waals surface area contributed by atoms with Gasteiger partial charge >= 0.3 is 6.09 Å². The summed E-state index contributed by atoms with van der Waals surface area (Å²) in [6.07, 6.45) is -1.41. The van der Waals surface area contributed by atoms with E-state index in [1.54, 1.807) is 45.0 Å². The first kappa shape index (κ1) is 17.1. The summed E-state index contributed by atoms with van der Waals surface area (Å²) in [5, 5.41) is 12.2. The minimum Gasteiger partial charge on any atom is -0.444 e. The summed E-state index contributed by atoms with van der Waals surface area (Å²) < 4.78 is 5.06. The topological polar surface area (TPSA) is 106 Å². The third-order valence-corrected chi connectivity index (χ3v) is 2.33. The average Bonchev–Trinajstić information content (AvgIpc) is 2.35. The largest absolute Gasteiger partial charge is 0.444 e. The van der Waals surface area contributed by atoms with Gasteiger partial charge in [0.15, 0.2) is 6.29 Å². The fourth-order valence-corrected chi connectivity index (χ4v) is 1.39. The normalized spacial score (nSPS) is 12.6. The molecule has 1 aromatic rings. The molecule has 5 N–H and O–H groups in total. The Hall–Kier alpha value is -1.99. The molecule has 0 radical (unpaired) electrons. The van der Waals surface area contributed by atoms with Gasteiger partial charge in [0.25, 0.3) is 0 Å². The highest BCUT2D eigenvalue weighted by Gasteiger charge is 2.16. The second-order valence-electron chi connectivity index (χ2n) is 5.48. The van der Waals surface area contributed by atoms with Gasteiger partial charge in [-0.3, -0.25) is 5.48 Å². The van der Waals surface area contributed by atoms with Gasteiger partial charge in [-0.05, 0) is 32.9 Å². The maximum atomic E-state index is 11.4. The van der Waals surface area contributed by atoms with Crippen molar-refractivity contribution in [2.75, 3.05) is 17.8 Å². The second kappa shape index (κ2) is 7.70. The van der Waals surface area contributed by atoms with Gasteiger partial charge in [-0.1, -0.05) is 12.1 Å². The number of amides is 1. The Labute approximate surface area is 124 Å². The van der Waals surface area contributed by atoms with E-state index in [0.29, 0.717) is 11.4 Å². The predicted octanol–water partition coefficient (Wildman–Crippen LogP) is 1.85. The maximum absolute atomic E-state index is 11.4. The third kappa shape index (κ3) is 7.38. The molecule has 1 rings (SSSR count). The standard InChI is InChI=1S/C14H23N3O4/c1-14(2,3)20-13(19)16-9-8-12(18)21-17-11-7-5-4-6-10(11)15/h4-7,12,17-18H,8-9,15H2,1-3H3,(H,16,19). The SMILES string of the molecule is CC(C)(C)OC(=O)NCCC(O)ONc1ccccc1N. The van der Waals surface area contributed by atoms with Gasteiger partial charge in [0.1, 0.15) is 5.60 Å².